The lowest BCUT2D eigenvalue weighted by molar-refractivity contribution is -0.119. The molecule has 0 radical (unpaired) electrons. The van der Waals surface area contributed by atoms with E-state index in [0.29, 0.717) is 0 Å². The largest absolute Gasteiger partial charge is 0.393 e. The molecule has 0 heterocycles. The van der Waals surface area contributed by atoms with Crippen LogP contribution in [0.3, 0.4) is 0 Å². The predicted octanol–water partition coefficient (Wildman–Crippen LogP) is 5.95. The first-order valence-electron chi connectivity index (χ1n) is 13.1. The second-order valence-corrected chi connectivity index (χ2v) is 11.5. The lowest BCUT2D eigenvalue weighted by Crippen LogP contribution is -2.54. The molecule has 2 heteroatoms. The van der Waals surface area contributed by atoms with E-state index in [1.807, 2.05) is 0 Å². The zero-order valence-corrected chi connectivity index (χ0v) is 18.0. The van der Waals surface area contributed by atoms with Gasteiger partial charge in [0.25, 0.3) is 0 Å². The van der Waals surface area contributed by atoms with E-state index in [0.717, 1.165) is 73.0 Å². The SMILES string of the molecule is OC1CCC(C2C3CCCCC3C3CCCCC3C2C2CCC(O)CC2)CC1. The summed E-state index contributed by atoms with van der Waals surface area (Å²) in [5.41, 5.74) is 0. The zero-order chi connectivity index (χ0) is 19.1. The van der Waals surface area contributed by atoms with Crippen molar-refractivity contribution in [2.45, 2.75) is 115 Å². The molecule has 6 unspecified atom stereocenters. The average Bonchev–Trinajstić information content (AvgIpc) is 2.74. The fourth-order valence-electron chi connectivity index (χ4n) is 9.27. The molecule has 6 atom stereocenters. The van der Waals surface area contributed by atoms with Crippen LogP contribution in [-0.4, -0.2) is 22.4 Å². The maximum absolute atomic E-state index is 10.2. The molecule has 5 aliphatic carbocycles. The molecule has 0 amide bonds. The molecule has 0 bridgehead atoms. The molecule has 160 valence electrons. The maximum atomic E-state index is 10.2. The maximum Gasteiger partial charge on any atom is 0.0540 e. The van der Waals surface area contributed by atoms with Crippen molar-refractivity contribution >= 4 is 0 Å². The van der Waals surface area contributed by atoms with Gasteiger partial charge in [-0.05, 0) is 124 Å². The summed E-state index contributed by atoms with van der Waals surface area (Å²) in [4.78, 5) is 0. The van der Waals surface area contributed by atoms with Crippen molar-refractivity contribution in [1.29, 1.82) is 0 Å². The Labute approximate surface area is 172 Å². The monoisotopic (exact) mass is 388 g/mol. The smallest absolute Gasteiger partial charge is 0.0540 e. The Hall–Kier alpha value is -0.0800. The highest BCUT2D eigenvalue weighted by Crippen LogP contribution is 2.62. The molecule has 0 aromatic carbocycles. The minimum Gasteiger partial charge on any atom is -0.393 e. The van der Waals surface area contributed by atoms with Crippen LogP contribution >= 0.6 is 0 Å². The van der Waals surface area contributed by atoms with Crippen molar-refractivity contribution in [2.75, 3.05) is 0 Å². The highest BCUT2D eigenvalue weighted by atomic mass is 16.3. The van der Waals surface area contributed by atoms with Gasteiger partial charge in [0.1, 0.15) is 0 Å². The molecule has 0 aliphatic heterocycles. The van der Waals surface area contributed by atoms with Gasteiger partial charge in [0.15, 0.2) is 0 Å². The van der Waals surface area contributed by atoms with E-state index in [1.165, 1.54) is 77.0 Å². The summed E-state index contributed by atoms with van der Waals surface area (Å²) in [6.07, 6.45) is 21.3. The van der Waals surface area contributed by atoms with Gasteiger partial charge in [0.05, 0.1) is 12.2 Å². The van der Waals surface area contributed by atoms with E-state index < -0.39 is 0 Å². The van der Waals surface area contributed by atoms with Crippen LogP contribution in [0.2, 0.25) is 0 Å². The van der Waals surface area contributed by atoms with Crippen LogP contribution in [0.1, 0.15) is 103 Å². The molecule has 28 heavy (non-hydrogen) atoms. The first kappa shape index (κ1) is 19.9. The molecule has 0 aromatic rings. The predicted molar refractivity (Wildman–Crippen MR) is 114 cm³/mol. The van der Waals surface area contributed by atoms with Crippen molar-refractivity contribution < 1.29 is 10.2 Å². The summed E-state index contributed by atoms with van der Waals surface area (Å²) >= 11 is 0. The van der Waals surface area contributed by atoms with E-state index in [4.69, 9.17) is 0 Å². The van der Waals surface area contributed by atoms with Crippen molar-refractivity contribution in [1.82, 2.24) is 0 Å². The molecule has 0 aromatic heterocycles. The third-order valence-corrected chi connectivity index (χ3v) is 10.3. The number of hydrogen-bond acceptors (Lipinski definition) is 2. The summed E-state index contributed by atoms with van der Waals surface area (Å²) in [5.74, 6) is 7.69. The van der Waals surface area contributed by atoms with Gasteiger partial charge in [-0.15, -0.1) is 0 Å². The van der Waals surface area contributed by atoms with Gasteiger partial charge in [-0.25, -0.2) is 0 Å². The number of aliphatic hydroxyl groups excluding tert-OH is 2. The topological polar surface area (TPSA) is 40.5 Å². The van der Waals surface area contributed by atoms with Crippen molar-refractivity contribution in [3.05, 3.63) is 0 Å². The van der Waals surface area contributed by atoms with Crippen LogP contribution in [-0.2, 0) is 0 Å². The quantitative estimate of drug-likeness (QED) is 0.614. The third kappa shape index (κ3) is 3.70. The average molecular weight is 389 g/mol. The fourth-order valence-corrected chi connectivity index (χ4v) is 9.27. The van der Waals surface area contributed by atoms with Gasteiger partial charge in [-0.2, -0.15) is 0 Å². The second kappa shape index (κ2) is 8.58. The van der Waals surface area contributed by atoms with E-state index in [9.17, 15) is 10.2 Å². The first-order valence-corrected chi connectivity index (χ1v) is 13.1. The molecule has 5 saturated carbocycles. The number of rotatable bonds is 2. The van der Waals surface area contributed by atoms with Crippen LogP contribution in [0.25, 0.3) is 0 Å². The standard InChI is InChI=1S/C26H44O2/c27-19-13-9-17(10-14-19)25-23-7-3-1-5-21(23)22-6-2-4-8-24(22)26(25)18-11-15-20(28)16-12-18/h17-28H,1-16H2. The van der Waals surface area contributed by atoms with Crippen LogP contribution in [0.4, 0.5) is 0 Å². The van der Waals surface area contributed by atoms with Crippen molar-refractivity contribution in [3.63, 3.8) is 0 Å². The normalized spacial score (nSPS) is 52.5. The minimum absolute atomic E-state index is 0.0206. The van der Waals surface area contributed by atoms with Gasteiger partial charge in [0.2, 0.25) is 0 Å². The highest BCUT2D eigenvalue weighted by Gasteiger charge is 2.54. The number of aliphatic hydroxyl groups is 2. The fraction of sp³-hybridized carbons (Fsp3) is 1.00. The molecule has 2 nitrogen and oxygen atoms in total. The summed E-state index contributed by atoms with van der Waals surface area (Å²) in [7, 11) is 0. The Morgan fingerprint density at radius 1 is 0.357 bits per heavy atom. The molecular formula is C26H44O2. The summed E-state index contributed by atoms with van der Waals surface area (Å²) in [6, 6.07) is 0. The lowest BCUT2D eigenvalue weighted by Gasteiger charge is -2.60. The Balaban J connectivity index is 1.47. The van der Waals surface area contributed by atoms with Gasteiger partial charge >= 0.3 is 0 Å². The van der Waals surface area contributed by atoms with Crippen LogP contribution in [0.5, 0.6) is 0 Å². The van der Waals surface area contributed by atoms with Crippen molar-refractivity contribution in [3.8, 4) is 0 Å². The third-order valence-electron chi connectivity index (χ3n) is 10.3. The van der Waals surface area contributed by atoms with E-state index in [-0.39, 0.29) is 12.2 Å². The first-order chi connectivity index (χ1) is 13.7. The summed E-state index contributed by atoms with van der Waals surface area (Å²) in [5, 5.41) is 20.3. The van der Waals surface area contributed by atoms with Gasteiger partial charge in [0, 0.05) is 0 Å². The van der Waals surface area contributed by atoms with Crippen molar-refractivity contribution in [2.24, 2.45) is 47.3 Å². The molecule has 0 spiro atoms. The molecule has 2 N–H and O–H groups in total. The molecule has 5 aliphatic rings. The van der Waals surface area contributed by atoms with E-state index in [2.05, 4.69) is 0 Å². The number of fused-ring (bicyclic) bond motifs is 3. The molecule has 0 saturated heterocycles. The van der Waals surface area contributed by atoms with Gasteiger partial charge in [-0.1, -0.05) is 25.7 Å². The highest BCUT2D eigenvalue weighted by molar-refractivity contribution is 5.03. The molecular weight excluding hydrogens is 344 g/mol. The van der Waals surface area contributed by atoms with E-state index in [1.54, 1.807) is 0 Å². The molecule has 5 fully saturated rings. The number of hydrogen-bond donors (Lipinski definition) is 2. The minimum atomic E-state index is -0.0206. The van der Waals surface area contributed by atoms with Crippen LogP contribution < -0.4 is 0 Å². The van der Waals surface area contributed by atoms with Crippen LogP contribution in [0.15, 0.2) is 0 Å². The second-order valence-electron chi connectivity index (χ2n) is 11.5. The van der Waals surface area contributed by atoms with Crippen LogP contribution in [0, 0.1) is 47.3 Å². The Morgan fingerprint density at radius 2 is 0.679 bits per heavy atom. The Morgan fingerprint density at radius 3 is 1.04 bits per heavy atom. The van der Waals surface area contributed by atoms with Gasteiger partial charge < -0.3 is 10.2 Å². The summed E-state index contributed by atoms with van der Waals surface area (Å²) < 4.78 is 0. The Bertz CT molecular complexity index is 457. The molecule has 5 rings (SSSR count). The van der Waals surface area contributed by atoms with E-state index >= 15 is 0 Å². The lowest BCUT2D eigenvalue weighted by atomic mass is 9.45. The van der Waals surface area contributed by atoms with Gasteiger partial charge in [-0.3, -0.25) is 0 Å². The zero-order valence-electron chi connectivity index (χ0n) is 18.0. The summed E-state index contributed by atoms with van der Waals surface area (Å²) in [6.45, 7) is 0. The Kier molecular flexibility index (Phi) is 6.08.